The zero-order valence-electron chi connectivity index (χ0n) is 19.2. The minimum atomic E-state index is 0.289. The van der Waals surface area contributed by atoms with Crippen LogP contribution in [0.15, 0.2) is 17.4 Å². The molecule has 0 bridgehead atoms. The highest BCUT2D eigenvalue weighted by atomic mass is 16.2. The Bertz CT molecular complexity index is 698. The molecule has 1 aromatic heterocycles. The van der Waals surface area contributed by atoms with Crippen LogP contribution in [0.4, 0.5) is 0 Å². The molecule has 0 saturated carbocycles. The molecule has 0 radical (unpaired) electrons. The van der Waals surface area contributed by atoms with Crippen LogP contribution in [0.1, 0.15) is 32.8 Å². The summed E-state index contributed by atoms with van der Waals surface area (Å²) in [6, 6.07) is 0. The van der Waals surface area contributed by atoms with E-state index in [1.54, 1.807) is 0 Å². The Morgan fingerprint density at radius 2 is 1.87 bits per heavy atom. The first-order valence-electron chi connectivity index (χ1n) is 11.5. The van der Waals surface area contributed by atoms with E-state index < -0.39 is 0 Å². The second kappa shape index (κ2) is 10.8. The maximum Gasteiger partial charge on any atom is 0.236 e. The Balaban J connectivity index is 1.46. The van der Waals surface area contributed by atoms with Crippen molar-refractivity contribution >= 4 is 11.9 Å². The fourth-order valence-corrected chi connectivity index (χ4v) is 4.55. The van der Waals surface area contributed by atoms with E-state index in [1.165, 1.54) is 12.0 Å². The lowest BCUT2D eigenvalue weighted by Crippen LogP contribution is -2.55. The Morgan fingerprint density at radius 3 is 2.47 bits per heavy atom. The van der Waals surface area contributed by atoms with Gasteiger partial charge < -0.3 is 15.1 Å². The van der Waals surface area contributed by atoms with Gasteiger partial charge in [0.2, 0.25) is 5.91 Å². The van der Waals surface area contributed by atoms with E-state index in [2.05, 4.69) is 45.9 Å². The molecule has 2 saturated heterocycles. The number of piperazine rings is 1. The molecule has 2 aliphatic heterocycles. The second-order valence-electron chi connectivity index (χ2n) is 9.02. The molecule has 30 heavy (non-hydrogen) atoms. The predicted molar refractivity (Wildman–Crippen MR) is 120 cm³/mol. The fourth-order valence-electron chi connectivity index (χ4n) is 4.55. The zero-order chi connectivity index (χ0) is 21.5. The highest BCUT2D eigenvalue weighted by Gasteiger charge is 2.28. The fraction of sp³-hybridized carbons (Fsp3) is 0.773. The van der Waals surface area contributed by atoms with Crippen molar-refractivity contribution in [3.8, 4) is 0 Å². The third kappa shape index (κ3) is 6.45. The van der Waals surface area contributed by atoms with Crippen LogP contribution in [0.3, 0.4) is 0 Å². The first-order chi connectivity index (χ1) is 14.4. The average molecular weight is 418 g/mol. The van der Waals surface area contributed by atoms with Gasteiger partial charge >= 0.3 is 0 Å². The molecule has 0 aromatic carbocycles. The number of hydrogen-bond acceptors (Lipinski definition) is 4. The number of amides is 1. The first kappa shape index (κ1) is 22.6. The van der Waals surface area contributed by atoms with Gasteiger partial charge in [0.25, 0.3) is 0 Å². The highest BCUT2D eigenvalue weighted by Crippen LogP contribution is 2.21. The van der Waals surface area contributed by atoms with Gasteiger partial charge in [0.1, 0.15) is 0 Å². The summed E-state index contributed by atoms with van der Waals surface area (Å²) in [6.45, 7) is 16.9. The van der Waals surface area contributed by atoms with Crippen molar-refractivity contribution in [2.75, 3.05) is 58.9 Å². The van der Waals surface area contributed by atoms with Crippen molar-refractivity contribution < 1.29 is 4.79 Å². The number of carbonyl (C=O) groups excluding carboxylic acids is 1. The lowest BCUT2D eigenvalue weighted by Gasteiger charge is -2.39. The lowest BCUT2D eigenvalue weighted by atomic mass is 9.92. The number of rotatable bonds is 6. The van der Waals surface area contributed by atoms with Gasteiger partial charge in [-0.05, 0) is 37.7 Å². The number of carbonyl (C=O) groups is 1. The van der Waals surface area contributed by atoms with Crippen LogP contribution >= 0.6 is 0 Å². The summed E-state index contributed by atoms with van der Waals surface area (Å²) in [5, 5.41) is 7.74. The van der Waals surface area contributed by atoms with Crippen LogP contribution in [-0.2, 0) is 11.3 Å². The summed E-state index contributed by atoms with van der Waals surface area (Å²) in [5.74, 6) is 2.47. The van der Waals surface area contributed by atoms with Crippen molar-refractivity contribution in [2.45, 2.75) is 40.7 Å². The van der Waals surface area contributed by atoms with Gasteiger partial charge in [0.05, 0.1) is 25.8 Å². The topological polar surface area (TPSA) is 69.0 Å². The van der Waals surface area contributed by atoms with E-state index in [1.807, 2.05) is 24.0 Å². The van der Waals surface area contributed by atoms with Crippen molar-refractivity contribution in [1.82, 2.24) is 29.8 Å². The van der Waals surface area contributed by atoms with Gasteiger partial charge in [-0.1, -0.05) is 13.8 Å². The third-order valence-corrected chi connectivity index (χ3v) is 5.94. The first-order valence-corrected chi connectivity index (χ1v) is 11.5. The molecule has 1 amide bonds. The molecule has 168 valence electrons. The molecule has 8 nitrogen and oxygen atoms in total. The second-order valence-corrected chi connectivity index (χ2v) is 9.02. The molecule has 0 spiro atoms. The van der Waals surface area contributed by atoms with Gasteiger partial charge in [-0.3, -0.25) is 19.4 Å². The number of aromatic nitrogens is 2. The molecule has 3 rings (SSSR count). The number of nitrogens with one attached hydrogen (secondary N) is 1. The van der Waals surface area contributed by atoms with Crippen LogP contribution < -0.4 is 5.32 Å². The summed E-state index contributed by atoms with van der Waals surface area (Å²) in [6.07, 6.45) is 5.15. The highest BCUT2D eigenvalue weighted by molar-refractivity contribution is 5.80. The van der Waals surface area contributed by atoms with Gasteiger partial charge in [-0.15, -0.1) is 0 Å². The molecular formula is C22H39N7O. The number of likely N-dealkylation sites (tertiary alicyclic amines) is 1. The van der Waals surface area contributed by atoms with E-state index in [0.29, 0.717) is 24.9 Å². The van der Waals surface area contributed by atoms with Crippen molar-refractivity contribution in [1.29, 1.82) is 0 Å². The molecule has 1 aromatic rings. The Kier molecular flexibility index (Phi) is 8.13. The molecule has 0 aliphatic carbocycles. The van der Waals surface area contributed by atoms with Gasteiger partial charge in [0.15, 0.2) is 5.96 Å². The predicted octanol–water partition coefficient (Wildman–Crippen LogP) is 1.28. The molecule has 2 aliphatic rings. The SMILES string of the molecule is CCNC(=NCCn1cc(C)cn1)N1CCN(CC(=O)N2CC(C)CC(C)C2)CC1. The molecule has 2 unspecified atom stereocenters. The van der Waals surface area contributed by atoms with Crippen LogP contribution in [-0.4, -0.2) is 95.2 Å². The number of hydrogen-bond donors (Lipinski definition) is 1. The van der Waals surface area contributed by atoms with E-state index in [4.69, 9.17) is 4.99 Å². The summed E-state index contributed by atoms with van der Waals surface area (Å²) < 4.78 is 1.94. The Labute approximate surface area is 181 Å². The summed E-state index contributed by atoms with van der Waals surface area (Å²) in [4.78, 5) is 24.3. The summed E-state index contributed by atoms with van der Waals surface area (Å²) >= 11 is 0. The summed E-state index contributed by atoms with van der Waals surface area (Å²) in [7, 11) is 0. The third-order valence-electron chi connectivity index (χ3n) is 5.94. The minimum Gasteiger partial charge on any atom is -0.357 e. The van der Waals surface area contributed by atoms with Gasteiger partial charge in [-0.2, -0.15) is 5.10 Å². The maximum absolute atomic E-state index is 12.8. The zero-order valence-corrected chi connectivity index (χ0v) is 19.2. The van der Waals surface area contributed by atoms with Crippen molar-refractivity contribution in [2.24, 2.45) is 16.8 Å². The number of piperidine rings is 1. The van der Waals surface area contributed by atoms with Gasteiger partial charge in [0, 0.05) is 52.0 Å². The standard InChI is InChI=1S/C22H39N7O/c1-5-23-22(24-6-7-29-16-20(4)13-25-29)27-10-8-26(9-11-27)17-21(30)28-14-18(2)12-19(3)15-28/h13,16,18-19H,5-12,14-15,17H2,1-4H3,(H,23,24). The summed E-state index contributed by atoms with van der Waals surface area (Å²) in [5.41, 5.74) is 1.17. The number of aliphatic imine (C=N–C) groups is 1. The van der Waals surface area contributed by atoms with E-state index >= 15 is 0 Å². The van der Waals surface area contributed by atoms with E-state index in [-0.39, 0.29) is 5.91 Å². The maximum atomic E-state index is 12.8. The molecule has 1 N–H and O–H groups in total. The molecule has 3 heterocycles. The van der Waals surface area contributed by atoms with Crippen LogP contribution in [0, 0.1) is 18.8 Å². The number of aryl methyl sites for hydroxylation is 1. The monoisotopic (exact) mass is 417 g/mol. The Morgan fingerprint density at radius 1 is 1.17 bits per heavy atom. The number of guanidine groups is 1. The van der Waals surface area contributed by atoms with Gasteiger partial charge in [-0.25, -0.2) is 0 Å². The quantitative estimate of drug-likeness (QED) is 0.558. The largest absolute Gasteiger partial charge is 0.357 e. The normalized spacial score (nSPS) is 23.7. The van der Waals surface area contributed by atoms with Crippen molar-refractivity contribution in [3.63, 3.8) is 0 Å². The van der Waals surface area contributed by atoms with Crippen LogP contribution in [0.25, 0.3) is 0 Å². The molecule has 2 atom stereocenters. The van der Waals surface area contributed by atoms with Crippen LogP contribution in [0.5, 0.6) is 0 Å². The average Bonchev–Trinajstić information content (AvgIpc) is 3.12. The Hall–Kier alpha value is -2.09. The molecule has 8 heteroatoms. The minimum absolute atomic E-state index is 0.289. The van der Waals surface area contributed by atoms with Crippen LogP contribution in [0.2, 0.25) is 0 Å². The lowest BCUT2D eigenvalue weighted by molar-refractivity contribution is -0.135. The smallest absolute Gasteiger partial charge is 0.236 e. The number of nitrogens with zero attached hydrogens (tertiary/aromatic N) is 6. The van der Waals surface area contributed by atoms with E-state index in [9.17, 15) is 4.79 Å². The van der Waals surface area contributed by atoms with Crippen molar-refractivity contribution in [3.05, 3.63) is 18.0 Å². The molecular weight excluding hydrogens is 378 g/mol. The van der Waals surface area contributed by atoms with E-state index in [0.717, 1.165) is 58.3 Å². The molecule has 2 fully saturated rings.